The molecule has 1 aliphatic heterocycles. The molecule has 0 N–H and O–H groups in total. The first-order valence-electron chi connectivity index (χ1n) is 10.0. The molecule has 6 rings (SSSR count). The SMILES string of the molecule is Cn1ccnc1-c1nc2cnc(-c3cnn4ccccc34)nc2n1C1CCOCC1. The summed E-state index contributed by atoms with van der Waals surface area (Å²) in [5, 5.41) is 4.43. The van der Waals surface area contributed by atoms with Gasteiger partial charge in [0.1, 0.15) is 5.52 Å². The third-order valence-electron chi connectivity index (χ3n) is 5.68. The van der Waals surface area contributed by atoms with E-state index in [1.165, 1.54) is 0 Å². The van der Waals surface area contributed by atoms with E-state index in [0.717, 1.165) is 59.9 Å². The van der Waals surface area contributed by atoms with Gasteiger partial charge in [0.15, 0.2) is 23.1 Å². The fourth-order valence-corrected chi connectivity index (χ4v) is 4.16. The molecule has 0 aromatic carbocycles. The first-order chi connectivity index (χ1) is 14.8. The van der Waals surface area contributed by atoms with Crippen molar-refractivity contribution in [1.29, 1.82) is 0 Å². The lowest BCUT2D eigenvalue weighted by atomic mass is 10.1. The van der Waals surface area contributed by atoms with Crippen LogP contribution in [0.1, 0.15) is 18.9 Å². The predicted molar refractivity (Wildman–Crippen MR) is 111 cm³/mol. The van der Waals surface area contributed by atoms with E-state index in [2.05, 4.69) is 19.6 Å². The molecule has 1 fully saturated rings. The topological polar surface area (TPSA) is 88.0 Å². The second-order valence-corrected chi connectivity index (χ2v) is 7.50. The summed E-state index contributed by atoms with van der Waals surface area (Å²) in [7, 11) is 1.98. The number of aromatic nitrogens is 8. The maximum absolute atomic E-state index is 5.60. The van der Waals surface area contributed by atoms with E-state index >= 15 is 0 Å². The van der Waals surface area contributed by atoms with E-state index in [0.29, 0.717) is 5.82 Å². The molecular weight excluding hydrogens is 380 g/mol. The summed E-state index contributed by atoms with van der Waals surface area (Å²) in [4.78, 5) is 19.0. The predicted octanol–water partition coefficient (Wildman–Crippen LogP) is 2.89. The van der Waals surface area contributed by atoms with Crippen molar-refractivity contribution in [3.63, 3.8) is 0 Å². The summed E-state index contributed by atoms with van der Waals surface area (Å²) in [6, 6.07) is 6.21. The first-order valence-corrected chi connectivity index (χ1v) is 10.0. The number of nitrogens with zero attached hydrogens (tertiary/aromatic N) is 8. The molecule has 0 atom stereocenters. The van der Waals surface area contributed by atoms with Crippen molar-refractivity contribution in [2.24, 2.45) is 7.05 Å². The number of pyridine rings is 1. The Hall–Kier alpha value is -3.59. The van der Waals surface area contributed by atoms with Crippen molar-refractivity contribution in [1.82, 2.24) is 38.7 Å². The molecule has 1 aliphatic rings. The molecule has 9 nitrogen and oxygen atoms in total. The zero-order valence-corrected chi connectivity index (χ0v) is 16.5. The largest absolute Gasteiger partial charge is 0.381 e. The monoisotopic (exact) mass is 400 g/mol. The van der Waals surface area contributed by atoms with Gasteiger partial charge in [0.05, 0.1) is 23.5 Å². The molecule has 5 aromatic rings. The van der Waals surface area contributed by atoms with Gasteiger partial charge in [-0.1, -0.05) is 6.07 Å². The Bertz CT molecular complexity index is 1360. The van der Waals surface area contributed by atoms with Gasteiger partial charge >= 0.3 is 0 Å². The minimum Gasteiger partial charge on any atom is -0.381 e. The van der Waals surface area contributed by atoms with Crippen molar-refractivity contribution in [3.05, 3.63) is 49.2 Å². The van der Waals surface area contributed by atoms with Crippen molar-refractivity contribution in [2.45, 2.75) is 18.9 Å². The molecule has 0 aliphatic carbocycles. The molecule has 0 amide bonds. The van der Waals surface area contributed by atoms with Gasteiger partial charge in [-0.3, -0.25) is 0 Å². The van der Waals surface area contributed by atoms with Gasteiger partial charge in [-0.25, -0.2) is 24.5 Å². The fraction of sp³-hybridized carbons (Fsp3) is 0.286. The van der Waals surface area contributed by atoms with Crippen molar-refractivity contribution >= 4 is 16.7 Å². The zero-order valence-electron chi connectivity index (χ0n) is 16.5. The summed E-state index contributed by atoms with van der Waals surface area (Å²) < 4.78 is 11.6. The fourth-order valence-electron chi connectivity index (χ4n) is 4.16. The summed E-state index contributed by atoms with van der Waals surface area (Å²) in [5.74, 6) is 2.27. The lowest BCUT2D eigenvalue weighted by Gasteiger charge is -2.25. The highest BCUT2D eigenvalue weighted by molar-refractivity contribution is 5.81. The Morgan fingerprint density at radius 2 is 1.90 bits per heavy atom. The van der Waals surface area contributed by atoms with Crippen LogP contribution in [0, 0.1) is 0 Å². The quantitative estimate of drug-likeness (QED) is 0.463. The average Bonchev–Trinajstić information content (AvgIpc) is 3.49. The number of fused-ring (bicyclic) bond motifs is 2. The Labute approximate surface area is 172 Å². The van der Waals surface area contributed by atoms with Crippen LogP contribution >= 0.6 is 0 Å². The maximum Gasteiger partial charge on any atom is 0.179 e. The Kier molecular flexibility index (Phi) is 3.88. The van der Waals surface area contributed by atoms with E-state index in [1.807, 2.05) is 52.9 Å². The minimum atomic E-state index is 0.252. The molecule has 6 heterocycles. The molecule has 0 radical (unpaired) electrons. The molecular formula is C21H20N8O. The van der Waals surface area contributed by atoms with Crippen LogP contribution in [0.3, 0.4) is 0 Å². The maximum atomic E-state index is 5.60. The lowest BCUT2D eigenvalue weighted by Crippen LogP contribution is -2.21. The van der Waals surface area contributed by atoms with E-state index in [1.54, 1.807) is 12.4 Å². The second-order valence-electron chi connectivity index (χ2n) is 7.50. The van der Waals surface area contributed by atoms with E-state index < -0.39 is 0 Å². The van der Waals surface area contributed by atoms with Crippen molar-refractivity contribution in [2.75, 3.05) is 13.2 Å². The van der Waals surface area contributed by atoms with Crippen LogP contribution in [0.15, 0.2) is 49.2 Å². The van der Waals surface area contributed by atoms with Gasteiger partial charge < -0.3 is 13.9 Å². The smallest absolute Gasteiger partial charge is 0.179 e. The van der Waals surface area contributed by atoms with Gasteiger partial charge in [0, 0.05) is 44.9 Å². The van der Waals surface area contributed by atoms with E-state index in [9.17, 15) is 0 Å². The molecule has 1 saturated heterocycles. The average molecular weight is 400 g/mol. The van der Waals surface area contributed by atoms with E-state index in [4.69, 9.17) is 14.7 Å². The molecule has 0 unspecified atom stereocenters. The molecule has 0 saturated carbocycles. The minimum absolute atomic E-state index is 0.252. The molecule has 0 spiro atoms. The van der Waals surface area contributed by atoms with Crippen LogP contribution in [-0.4, -0.2) is 51.9 Å². The highest BCUT2D eigenvalue weighted by Gasteiger charge is 2.26. The molecule has 30 heavy (non-hydrogen) atoms. The summed E-state index contributed by atoms with van der Waals surface area (Å²) in [6.45, 7) is 1.46. The van der Waals surface area contributed by atoms with Crippen LogP contribution < -0.4 is 0 Å². The zero-order chi connectivity index (χ0) is 20.1. The number of hydrogen-bond acceptors (Lipinski definition) is 6. The van der Waals surface area contributed by atoms with E-state index in [-0.39, 0.29) is 6.04 Å². The standard InChI is InChI=1S/C21H20N8O/c1-27-9-7-22-20(27)21-25-16-13-23-18(15-12-24-28-8-3-2-4-17(15)28)26-19(16)29(21)14-5-10-30-11-6-14/h2-4,7-9,12-14H,5-6,10-11H2,1H3. The number of hydrogen-bond donors (Lipinski definition) is 0. The number of imidazole rings is 2. The summed E-state index contributed by atoms with van der Waals surface area (Å²) in [6.07, 6.45) is 11.1. The highest BCUT2D eigenvalue weighted by Crippen LogP contribution is 2.32. The summed E-state index contributed by atoms with van der Waals surface area (Å²) >= 11 is 0. The molecule has 150 valence electrons. The number of aryl methyl sites for hydroxylation is 1. The Morgan fingerprint density at radius 3 is 2.73 bits per heavy atom. The van der Waals surface area contributed by atoms with Gasteiger partial charge in [-0.15, -0.1) is 0 Å². The first kappa shape index (κ1) is 17.3. The molecule has 5 aromatic heterocycles. The Balaban J connectivity index is 1.58. The van der Waals surface area contributed by atoms with Crippen LogP contribution in [0.5, 0.6) is 0 Å². The lowest BCUT2D eigenvalue weighted by molar-refractivity contribution is 0.0708. The highest BCUT2D eigenvalue weighted by atomic mass is 16.5. The third-order valence-corrected chi connectivity index (χ3v) is 5.68. The number of ether oxygens (including phenoxy) is 1. The molecule has 9 heteroatoms. The number of rotatable bonds is 3. The Morgan fingerprint density at radius 1 is 1.00 bits per heavy atom. The van der Waals surface area contributed by atoms with Gasteiger partial charge in [-0.05, 0) is 25.0 Å². The van der Waals surface area contributed by atoms with Gasteiger partial charge in [0.25, 0.3) is 0 Å². The van der Waals surface area contributed by atoms with Gasteiger partial charge in [-0.2, -0.15) is 5.10 Å². The molecule has 0 bridgehead atoms. The second kappa shape index (κ2) is 6.74. The normalized spacial score (nSPS) is 15.4. The van der Waals surface area contributed by atoms with Crippen molar-refractivity contribution < 1.29 is 4.74 Å². The van der Waals surface area contributed by atoms with Crippen LogP contribution in [-0.2, 0) is 11.8 Å². The van der Waals surface area contributed by atoms with Gasteiger partial charge in [0.2, 0.25) is 0 Å². The van der Waals surface area contributed by atoms with Crippen molar-refractivity contribution in [3.8, 4) is 23.0 Å². The van der Waals surface area contributed by atoms with Crippen LogP contribution in [0.25, 0.3) is 39.7 Å². The van der Waals surface area contributed by atoms with Crippen LogP contribution in [0.2, 0.25) is 0 Å². The van der Waals surface area contributed by atoms with Crippen LogP contribution in [0.4, 0.5) is 0 Å². The summed E-state index contributed by atoms with van der Waals surface area (Å²) in [5.41, 5.74) is 3.45. The third kappa shape index (κ3) is 2.62.